The average molecular weight is 285 g/mol. The second-order valence-corrected chi connectivity index (χ2v) is 5.76. The molecule has 0 aliphatic rings. The van der Waals surface area contributed by atoms with Gasteiger partial charge in [0.2, 0.25) is 0 Å². The van der Waals surface area contributed by atoms with Gasteiger partial charge in [0.1, 0.15) is 0 Å². The first kappa shape index (κ1) is 15.8. The van der Waals surface area contributed by atoms with Crippen molar-refractivity contribution in [1.82, 2.24) is 15.1 Å². The monoisotopic (exact) mass is 285 g/mol. The van der Waals surface area contributed by atoms with E-state index >= 15 is 0 Å². The van der Waals surface area contributed by atoms with Crippen molar-refractivity contribution in [3.8, 4) is 5.69 Å². The molecule has 3 nitrogen and oxygen atoms in total. The topological polar surface area (TPSA) is 29.9 Å². The van der Waals surface area contributed by atoms with Crippen molar-refractivity contribution in [2.75, 3.05) is 6.54 Å². The van der Waals surface area contributed by atoms with Gasteiger partial charge in [0, 0.05) is 12.2 Å². The van der Waals surface area contributed by atoms with E-state index in [0.717, 1.165) is 25.1 Å². The summed E-state index contributed by atoms with van der Waals surface area (Å²) in [4.78, 5) is 0. The van der Waals surface area contributed by atoms with Gasteiger partial charge in [0.05, 0.1) is 11.4 Å². The summed E-state index contributed by atoms with van der Waals surface area (Å²) in [5.74, 6) is 0.707. The quantitative estimate of drug-likeness (QED) is 0.781. The second-order valence-electron chi connectivity index (χ2n) is 5.76. The maximum Gasteiger partial charge on any atom is 0.0649 e. The smallest absolute Gasteiger partial charge is 0.0649 e. The highest BCUT2D eigenvalue weighted by atomic mass is 15.3. The zero-order valence-corrected chi connectivity index (χ0v) is 13.4. The van der Waals surface area contributed by atoms with Crippen LogP contribution in [-0.4, -0.2) is 16.3 Å². The summed E-state index contributed by atoms with van der Waals surface area (Å²) >= 11 is 0. The SMILES string of the molecule is CCCNC(CC(C)CC)c1ccnn1-c1ccccc1. The molecule has 0 aliphatic carbocycles. The van der Waals surface area contributed by atoms with E-state index in [1.807, 2.05) is 12.3 Å². The molecule has 21 heavy (non-hydrogen) atoms. The van der Waals surface area contributed by atoms with Crippen molar-refractivity contribution in [1.29, 1.82) is 0 Å². The van der Waals surface area contributed by atoms with E-state index in [9.17, 15) is 0 Å². The fourth-order valence-electron chi connectivity index (χ4n) is 2.56. The highest BCUT2D eigenvalue weighted by Crippen LogP contribution is 2.24. The van der Waals surface area contributed by atoms with Crippen LogP contribution in [-0.2, 0) is 0 Å². The Bertz CT molecular complexity index is 518. The number of nitrogens with one attached hydrogen (secondary N) is 1. The van der Waals surface area contributed by atoms with E-state index in [-0.39, 0.29) is 0 Å². The number of benzene rings is 1. The van der Waals surface area contributed by atoms with Crippen LogP contribution in [0, 0.1) is 5.92 Å². The molecular weight excluding hydrogens is 258 g/mol. The van der Waals surface area contributed by atoms with Crippen LogP contribution in [0.15, 0.2) is 42.6 Å². The first-order valence-electron chi connectivity index (χ1n) is 8.09. The summed E-state index contributed by atoms with van der Waals surface area (Å²) in [5, 5.41) is 8.21. The predicted molar refractivity (Wildman–Crippen MR) is 88.7 cm³/mol. The van der Waals surface area contributed by atoms with Gasteiger partial charge in [-0.2, -0.15) is 5.10 Å². The maximum atomic E-state index is 4.53. The molecule has 0 bridgehead atoms. The Morgan fingerprint density at radius 1 is 1.14 bits per heavy atom. The molecule has 0 spiro atoms. The number of aromatic nitrogens is 2. The molecule has 0 fully saturated rings. The first-order valence-corrected chi connectivity index (χ1v) is 8.09. The molecule has 2 unspecified atom stereocenters. The van der Waals surface area contributed by atoms with Crippen molar-refractivity contribution in [2.24, 2.45) is 5.92 Å². The minimum absolute atomic E-state index is 0.364. The van der Waals surface area contributed by atoms with Crippen LogP contribution < -0.4 is 5.32 Å². The van der Waals surface area contributed by atoms with Gasteiger partial charge in [-0.05, 0) is 43.5 Å². The molecule has 1 aromatic carbocycles. The number of hydrogen-bond donors (Lipinski definition) is 1. The number of para-hydroxylation sites is 1. The van der Waals surface area contributed by atoms with Crippen LogP contribution in [0.3, 0.4) is 0 Å². The normalized spacial score (nSPS) is 14.0. The standard InChI is InChI=1S/C18H27N3/c1-4-12-19-17(14-15(3)5-2)18-11-13-20-21(18)16-9-7-6-8-10-16/h6-11,13,15,17,19H,4-5,12,14H2,1-3H3. The summed E-state index contributed by atoms with van der Waals surface area (Å²) in [6.45, 7) is 7.84. The van der Waals surface area contributed by atoms with Crippen molar-refractivity contribution in [3.05, 3.63) is 48.3 Å². The molecule has 0 amide bonds. The highest BCUT2D eigenvalue weighted by Gasteiger charge is 2.18. The Balaban J connectivity index is 2.25. The molecule has 114 valence electrons. The molecule has 3 heteroatoms. The molecule has 2 aromatic rings. The molecule has 1 aromatic heterocycles. The van der Waals surface area contributed by atoms with Crippen LogP contribution in [0.5, 0.6) is 0 Å². The van der Waals surface area contributed by atoms with Crippen LogP contribution in [0.4, 0.5) is 0 Å². The highest BCUT2D eigenvalue weighted by molar-refractivity contribution is 5.33. The van der Waals surface area contributed by atoms with Crippen LogP contribution in [0.1, 0.15) is 51.8 Å². The van der Waals surface area contributed by atoms with E-state index in [2.05, 4.69) is 66.2 Å². The predicted octanol–water partition coefficient (Wildman–Crippen LogP) is 4.35. The summed E-state index contributed by atoms with van der Waals surface area (Å²) in [5.41, 5.74) is 2.39. The summed E-state index contributed by atoms with van der Waals surface area (Å²) in [7, 11) is 0. The number of nitrogens with zero attached hydrogens (tertiary/aromatic N) is 2. The molecule has 0 saturated carbocycles. The van der Waals surface area contributed by atoms with Gasteiger partial charge in [0.25, 0.3) is 0 Å². The lowest BCUT2D eigenvalue weighted by Gasteiger charge is -2.23. The largest absolute Gasteiger partial charge is 0.309 e. The van der Waals surface area contributed by atoms with Gasteiger partial charge in [0.15, 0.2) is 0 Å². The van der Waals surface area contributed by atoms with Crippen molar-refractivity contribution in [3.63, 3.8) is 0 Å². The van der Waals surface area contributed by atoms with Crippen LogP contribution in [0.25, 0.3) is 5.69 Å². The van der Waals surface area contributed by atoms with Gasteiger partial charge in [-0.25, -0.2) is 4.68 Å². The number of rotatable bonds is 8. The van der Waals surface area contributed by atoms with Gasteiger partial charge in [-0.3, -0.25) is 0 Å². The van der Waals surface area contributed by atoms with E-state index in [0.29, 0.717) is 12.0 Å². The summed E-state index contributed by atoms with van der Waals surface area (Å²) < 4.78 is 2.07. The van der Waals surface area contributed by atoms with Gasteiger partial charge >= 0.3 is 0 Å². The molecular formula is C18H27N3. The van der Waals surface area contributed by atoms with Gasteiger partial charge in [-0.15, -0.1) is 0 Å². The molecule has 2 atom stereocenters. The molecule has 0 radical (unpaired) electrons. The fourth-order valence-corrected chi connectivity index (χ4v) is 2.56. The second kappa shape index (κ2) is 7.99. The van der Waals surface area contributed by atoms with Crippen LogP contribution >= 0.6 is 0 Å². The molecule has 2 rings (SSSR count). The third kappa shape index (κ3) is 4.18. The van der Waals surface area contributed by atoms with Gasteiger partial charge in [-0.1, -0.05) is 45.4 Å². The van der Waals surface area contributed by atoms with E-state index in [1.54, 1.807) is 0 Å². The van der Waals surface area contributed by atoms with Gasteiger partial charge < -0.3 is 5.32 Å². The molecule has 1 heterocycles. The Hall–Kier alpha value is -1.61. The fraction of sp³-hybridized carbons (Fsp3) is 0.500. The minimum atomic E-state index is 0.364. The van der Waals surface area contributed by atoms with E-state index < -0.39 is 0 Å². The summed E-state index contributed by atoms with van der Waals surface area (Å²) in [6, 6.07) is 12.9. The lowest BCUT2D eigenvalue weighted by Crippen LogP contribution is -2.26. The van der Waals surface area contributed by atoms with Crippen LogP contribution in [0.2, 0.25) is 0 Å². The van der Waals surface area contributed by atoms with E-state index in [1.165, 1.54) is 12.1 Å². The Kier molecular flexibility index (Phi) is 6.00. The maximum absolute atomic E-state index is 4.53. The average Bonchev–Trinajstić information content (AvgIpc) is 3.01. The van der Waals surface area contributed by atoms with Crippen molar-refractivity contribution in [2.45, 2.75) is 46.1 Å². The van der Waals surface area contributed by atoms with Crippen molar-refractivity contribution < 1.29 is 0 Å². The Morgan fingerprint density at radius 3 is 2.57 bits per heavy atom. The Morgan fingerprint density at radius 2 is 1.90 bits per heavy atom. The third-order valence-corrected chi connectivity index (χ3v) is 4.01. The Labute approximate surface area is 128 Å². The lowest BCUT2D eigenvalue weighted by molar-refractivity contribution is 0.391. The molecule has 0 aliphatic heterocycles. The third-order valence-electron chi connectivity index (χ3n) is 4.01. The molecule has 1 N–H and O–H groups in total. The zero-order valence-electron chi connectivity index (χ0n) is 13.4. The minimum Gasteiger partial charge on any atom is -0.309 e. The zero-order chi connectivity index (χ0) is 15.1. The van der Waals surface area contributed by atoms with E-state index in [4.69, 9.17) is 0 Å². The molecule has 0 saturated heterocycles. The first-order chi connectivity index (χ1) is 10.3. The summed E-state index contributed by atoms with van der Waals surface area (Å²) in [6.07, 6.45) is 5.41. The van der Waals surface area contributed by atoms with Crippen molar-refractivity contribution >= 4 is 0 Å². The number of hydrogen-bond acceptors (Lipinski definition) is 2. The lowest BCUT2D eigenvalue weighted by atomic mass is 9.97.